The minimum absolute atomic E-state index is 0.181. The van der Waals surface area contributed by atoms with Gasteiger partial charge in [0.2, 0.25) is 0 Å². The molecule has 0 spiro atoms. The Labute approximate surface area is 109 Å². The van der Waals surface area contributed by atoms with E-state index < -0.39 is 0 Å². The van der Waals surface area contributed by atoms with Crippen molar-refractivity contribution in [1.82, 2.24) is 0 Å². The Kier molecular flexibility index (Phi) is 3.93. The summed E-state index contributed by atoms with van der Waals surface area (Å²) >= 11 is 0. The maximum absolute atomic E-state index is 5.65. The third kappa shape index (κ3) is 2.25. The van der Waals surface area contributed by atoms with Gasteiger partial charge in [0.15, 0.2) is 0 Å². The number of hydrogen-bond donors (Lipinski definition) is 1. The summed E-state index contributed by atoms with van der Waals surface area (Å²) in [5.74, 6) is 0.963. The average Bonchev–Trinajstić information content (AvgIpc) is 2.31. The van der Waals surface area contributed by atoms with Crippen LogP contribution in [-0.2, 0) is 10.2 Å². The molecule has 1 saturated heterocycles. The molecule has 2 N–H and O–H groups in total. The molecule has 1 heterocycles. The third-order valence-electron chi connectivity index (χ3n) is 3.93. The summed E-state index contributed by atoms with van der Waals surface area (Å²) in [5.41, 5.74) is 9.71. The average molecular weight is 249 g/mol. The van der Waals surface area contributed by atoms with Crippen LogP contribution in [-0.4, -0.2) is 26.9 Å². The standard InChI is InChI=1S/C15H23NO2/c1-11-8-14(17-3)12(2)7-13(11)15(5-4-6-16)9-18-10-15/h7-8H,4-6,9-10,16H2,1-3H3. The van der Waals surface area contributed by atoms with Crippen molar-refractivity contribution in [2.75, 3.05) is 26.9 Å². The van der Waals surface area contributed by atoms with E-state index in [2.05, 4.69) is 26.0 Å². The van der Waals surface area contributed by atoms with Gasteiger partial charge in [0.05, 0.1) is 20.3 Å². The smallest absolute Gasteiger partial charge is 0.122 e. The van der Waals surface area contributed by atoms with E-state index in [9.17, 15) is 0 Å². The second-order valence-corrected chi connectivity index (χ2v) is 5.30. The lowest BCUT2D eigenvalue weighted by molar-refractivity contribution is -0.0652. The maximum Gasteiger partial charge on any atom is 0.122 e. The Balaban J connectivity index is 2.34. The number of methoxy groups -OCH3 is 1. The summed E-state index contributed by atoms with van der Waals surface area (Å²) in [6.07, 6.45) is 2.16. The third-order valence-corrected chi connectivity index (χ3v) is 3.93. The first-order valence-electron chi connectivity index (χ1n) is 6.56. The largest absolute Gasteiger partial charge is 0.496 e. The highest BCUT2D eigenvalue weighted by molar-refractivity contribution is 5.45. The van der Waals surface area contributed by atoms with Crippen LogP contribution in [0.2, 0.25) is 0 Å². The van der Waals surface area contributed by atoms with E-state index >= 15 is 0 Å². The lowest BCUT2D eigenvalue weighted by Crippen LogP contribution is -2.47. The molecule has 1 aliphatic heterocycles. The lowest BCUT2D eigenvalue weighted by Gasteiger charge is -2.43. The first-order valence-corrected chi connectivity index (χ1v) is 6.56. The predicted molar refractivity (Wildman–Crippen MR) is 73.3 cm³/mol. The highest BCUT2D eigenvalue weighted by Crippen LogP contribution is 2.40. The zero-order valence-corrected chi connectivity index (χ0v) is 11.6. The Morgan fingerprint density at radius 1 is 1.28 bits per heavy atom. The summed E-state index contributed by atoms with van der Waals surface area (Å²) < 4.78 is 10.8. The molecule has 0 amide bonds. The molecular formula is C15H23NO2. The molecule has 0 radical (unpaired) electrons. The molecule has 0 saturated carbocycles. The van der Waals surface area contributed by atoms with Crippen LogP contribution >= 0.6 is 0 Å². The van der Waals surface area contributed by atoms with Crippen molar-refractivity contribution in [1.29, 1.82) is 0 Å². The zero-order valence-electron chi connectivity index (χ0n) is 11.6. The van der Waals surface area contributed by atoms with Crippen LogP contribution in [0.1, 0.15) is 29.5 Å². The van der Waals surface area contributed by atoms with Gasteiger partial charge in [-0.1, -0.05) is 6.07 Å². The zero-order chi connectivity index (χ0) is 13.2. The molecular weight excluding hydrogens is 226 g/mol. The van der Waals surface area contributed by atoms with Crippen LogP contribution in [0.3, 0.4) is 0 Å². The fourth-order valence-electron chi connectivity index (χ4n) is 2.80. The molecule has 0 bridgehead atoms. The van der Waals surface area contributed by atoms with Crippen molar-refractivity contribution in [2.24, 2.45) is 5.73 Å². The summed E-state index contributed by atoms with van der Waals surface area (Å²) in [4.78, 5) is 0. The molecule has 1 aromatic carbocycles. The molecule has 3 heteroatoms. The van der Waals surface area contributed by atoms with E-state index in [0.717, 1.165) is 38.3 Å². The van der Waals surface area contributed by atoms with Gasteiger partial charge in [0, 0.05) is 5.41 Å². The fraction of sp³-hybridized carbons (Fsp3) is 0.600. The van der Waals surface area contributed by atoms with Crippen molar-refractivity contribution in [2.45, 2.75) is 32.1 Å². The number of hydrogen-bond acceptors (Lipinski definition) is 3. The van der Waals surface area contributed by atoms with Crippen LogP contribution in [0, 0.1) is 13.8 Å². The summed E-state index contributed by atoms with van der Waals surface area (Å²) in [7, 11) is 1.72. The van der Waals surface area contributed by atoms with E-state index in [-0.39, 0.29) is 5.41 Å². The van der Waals surface area contributed by atoms with Gasteiger partial charge >= 0.3 is 0 Å². The molecule has 0 aliphatic carbocycles. The van der Waals surface area contributed by atoms with Gasteiger partial charge in [-0.2, -0.15) is 0 Å². The predicted octanol–water partition coefficient (Wildman–Crippen LogP) is 2.32. The molecule has 1 aromatic rings. The van der Waals surface area contributed by atoms with E-state index in [1.807, 2.05) is 0 Å². The second-order valence-electron chi connectivity index (χ2n) is 5.30. The van der Waals surface area contributed by atoms with Crippen molar-refractivity contribution in [3.63, 3.8) is 0 Å². The summed E-state index contributed by atoms with van der Waals surface area (Å²) in [6, 6.07) is 4.39. The Morgan fingerprint density at radius 3 is 2.50 bits per heavy atom. The molecule has 100 valence electrons. The molecule has 2 rings (SSSR count). The van der Waals surface area contributed by atoms with Gasteiger partial charge in [0.25, 0.3) is 0 Å². The van der Waals surface area contributed by atoms with Crippen LogP contribution in [0.4, 0.5) is 0 Å². The lowest BCUT2D eigenvalue weighted by atomic mass is 9.73. The Morgan fingerprint density at radius 2 is 2.00 bits per heavy atom. The molecule has 1 aliphatic rings. The molecule has 0 atom stereocenters. The maximum atomic E-state index is 5.65. The van der Waals surface area contributed by atoms with Crippen LogP contribution in [0.5, 0.6) is 5.75 Å². The van der Waals surface area contributed by atoms with Gasteiger partial charge in [-0.25, -0.2) is 0 Å². The number of nitrogens with two attached hydrogens (primary N) is 1. The number of rotatable bonds is 5. The second kappa shape index (κ2) is 5.29. The highest BCUT2D eigenvalue weighted by Gasteiger charge is 2.40. The molecule has 0 aromatic heterocycles. The van der Waals surface area contributed by atoms with Gasteiger partial charge in [-0.15, -0.1) is 0 Å². The van der Waals surface area contributed by atoms with Crippen LogP contribution < -0.4 is 10.5 Å². The van der Waals surface area contributed by atoms with E-state index in [1.54, 1.807) is 7.11 Å². The number of benzene rings is 1. The molecule has 1 fully saturated rings. The summed E-state index contributed by atoms with van der Waals surface area (Å²) in [5, 5.41) is 0. The SMILES string of the molecule is COc1cc(C)c(C2(CCCN)COC2)cc1C. The Bertz CT molecular complexity index is 425. The van der Waals surface area contributed by atoms with Crippen molar-refractivity contribution < 1.29 is 9.47 Å². The van der Waals surface area contributed by atoms with E-state index in [4.69, 9.17) is 15.2 Å². The van der Waals surface area contributed by atoms with Gasteiger partial charge in [-0.05, 0) is 56.0 Å². The number of ether oxygens (including phenoxy) is 2. The highest BCUT2D eigenvalue weighted by atomic mass is 16.5. The van der Waals surface area contributed by atoms with Gasteiger partial charge < -0.3 is 15.2 Å². The normalized spacial score (nSPS) is 17.3. The number of aryl methyl sites for hydroxylation is 2. The molecule has 3 nitrogen and oxygen atoms in total. The fourth-order valence-corrected chi connectivity index (χ4v) is 2.80. The van der Waals surface area contributed by atoms with Crippen molar-refractivity contribution in [3.05, 3.63) is 28.8 Å². The monoisotopic (exact) mass is 249 g/mol. The van der Waals surface area contributed by atoms with Gasteiger partial charge in [-0.3, -0.25) is 0 Å². The minimum atomic E-state index is 0.181. The van der Waals surface area contributed by atoms with Crippen LogP contribution in [0.15, 0.2) is 12.1 Å². The summed E-state index contributed by atoms with van der Waals surface area (Å²) in [6.45, 7) is 6.63. The van der Waals surface area contributed by atoms with Crippen molar-refractivity contribution in [3.8, 4) is 5.75 Å². The quantitative estimate of drug-likeness (QED) is 0.871. The topological polar surface area (TPSA) is 44.5 Å². The minimum Gasteiger partial charge on any atom is -0.496 e. The Hall–Kier alpha value is -1.06. The van der Waals surface area contributed by atoms with Gasteiger partial charge in [0.1, 0.15) is 5.75 Å². The van der Waals surface area contributed by atoms with Crippen LogP contribution in [0.25, 0.3) is 0 Å². The molecule has 0 unspecified atom stereocenters. The first-order chi connectivity index (χ1) is 8.63. The van der Waals surface area contributed by atoms with E-state index in [0.29, 0.717) is 0 Å². The molecule has 18 heavy (non-hydrogen) atoms. The van der Waals surface area contributed by atoms with Crippen molar-refractivity contribution >= 4 is 0 Å². The first kappa shape index (κ1) is 13.4. The van der Waals surface area contributed by atoms with E-state index in [1.165, 1.54) is 16.7 Å².